The predicted molar refractivity (Wildman–Crippen MR) is 83.3 cm³/mol. The highest BCUT2D eigenvalue weighted by Gasteiger charge is 2.23. The number of furan rings is 2. The van der Waals surface area contributed by atoms with Gasteiger partial charge in [-0.05, 0) is 43.5 Å². The Hall–Kier alpha value is -2.76. The van der Waals surface area contributed by atoms with Gasteiger partial charge in [0.15, 0.2) is 5.76 Å². The summed E-state index contributed by atoms with van der Waals surface area (Å²) in [5, 5.41) is 2.63. The van der Waals surface area contributed by atoms with Crippen LogP contribution in [0.4, 0.5) is 0 Å². The van der Waals surface area contributed by atoms with E-state index in [-0.39, 0.29) is 17.4 Å². The lowest BCUT2D eigenvalue weighted by atomic mass is 10.1. The number of likely N-dealkylation sites (tertiary alicyclic amines) is 1. The first kappa shape index (κ1) is 15.1. The molecule has 0 spiro atoms. The van der Waals surface area contributed by atoms with Crippen molar-refractivity contribution in [3.63, 3.8) is 0 Å². The molecule has 3 rings (SSSR count). The maximum absolute atomic E-state index is 12.7. The average Bonchev–Trinajstić information content (AvgIpc) is 3.28. The summed E-state index contributed by atoms with van der Waals surface area (Å²) in [6, 6.07) is 6.62. The molecule has 6 heteroatoms. The van der Waals surface area contributed by atoms with E-state index in [0.717, 1.165) is 19.3 Å². The molecule has 3 heterocycles. The summed E-state index contributed by atoms with van der Waals surface area (Å²) in [6.45, 7) is 1.40. The first-order chi connectivity index (χ1) is 11.2. The van der Waals surface area contributed by atoms with E-state index in [1.807, 2.05) is 0 Å². The molecule has 0 radical (unpaired) electrons. The normalized spacial score (nSPS) is 15.5. The molecule has 0 unspecified atom stereocenters. The third-order valence-electron chi connectivity index (χ3n) is 3.70. The Morgan fingerprint density at radius 1 is 1.04 bits per heavy atom. The fourth-order valence-electron chi connectivity index (χ4n) is 2.53. The molecule has 0 aromatic carbocycles. The van der Waals surface area contributed by atoms with Crippen LogP contribution in [0.25, 0.3) is 6.08 Å². The van der Waals surface area contributed by atoms with Gasteiger partial charge in [0.2, 0.25) is 0 Å². The summed E-state index contributed by atoms with van der Waals surface area (Å²) in [5.74, 6) is -0.00827. The van der Waals surface area contributed by atoms with E-state index in [1.165, 1.54) is 18.6 Å². The monoisotopic (exact) mass is 314 g/mol. The minimum Gasteiger partial charge on any atom is -0.465 e. The van der Waals surface area contributed by atoms with Crippen molar-refractivity contribution in [1.82, 2.24) is 10.2 Å². The van der Waals surface area contributed by atoms with Gasteiger partial charge in [0, 0.05) is 19.2 Å². The van der Waals surface area contributed by atoms with Gasteiger partial charge in [-0.2, -0.15) is 0 Å². The molecule has 0 bridgehead atoms. The third-order valence-corrected chi connectivity index (χ3v) is 3.70. The van der Waals surface area contributed by atoms with Crippen LogP contribution in [0.2, 0.25) is 0 Å². The van der Waals surface area contributed by atoms with Crippen molar-refractivity contribution >= 4 is 17.9 Å². The van der Waals surface area contributed by atoms with Crippen molar-refractivity contribution in [3.8, 4) is 0 Å². The minimum absolute atomic E-state index is 0.154. The van der Waals surface area contributed by atoms with Crippen molar-refractivity contribution < 1.29 is 18.4 Å². The van der Waals surface area contributed by atoms with Gasteiger partial charge in [0.1, 0.15) is 11.5 Å². The lowest BCUT2D eigenvalue weighted by Crippen LogP contribution is -2.41. The maximum atomic E-state index is 12.7. The SMILES string of the molecule is O=C(NC(=Cc1ccco1)C(=O)N1CCCCC1)c1ccco1. The van der Waals surface area contributed by atoms with Crippen molar-refractivity contribution in [1.29, 1.82) is 0 Å². The van der Waals surface area contributed by atoms with Crippen LogP contribution in [0.1, 0.15) is 35.6 Å². The zero-order valence-corrected chi connectivity index (χ0v) is 12.7. The molecule has 0 atom stereocenters. The number of nitrogens with one attached hydrogen (secondary N) is 1. The number of carbonyl (C=O) groups excluding carboxylic acids is 2. The fraction of sp³-hybridized carbons (Fsp3) is 0.294. The van der Waals surface area contributed by atoms with Gasteiger partial charge in [-0.1, -0.05) is 0 Å². The number of hydrogen-bond acceptors (Lipinski definition) is 4. The quantitative estimate of drug-likeness (QED) is 0.880. The molecule has 2 aromatic rings. The predicted octanol–water partition coefficient (Wildman–Crippen LogP) is 2.66. The van der Waals surface area contributed by atoms with Crippen LogP contribution in [0.3, 0.4) is 0 Å². The van der Waals surface area contributed by atoms with Crippen LogP contribution in [0.15, 0.2) is 51.3 Å². The van der Waals surface area contributed by atoms with E-state index in [2.05, 4.69) is 5.32 Å². The van der Waals surface area contributed by atoms with Crippen molar-refractivity contribution in [2.75, 3.05) is 13.1 Å². The molecule has 6 nitrogen and oxygen atoms in total. The molecule has 23 heavy (non-hydrogen) atoms. The zero-order chi connectivity index (χ0) is 16.1. The molecule has 0 aliphatic carbocycles. The summed E-state index contributed by atoms with van der Waals surface area (Å²) in [4.78, 5) is 26.6. The highest BCUT2D eigenvalue weighted by atomic mass is 16.3. The second-order valence-electron chi connectivity index (χ2n) is 5.36. The average molecular weight is 314 g/mol. The van der Waals surface area contributed by atoms with E-state index in [0.29, 0.717) is 18.8 Å². The van der Waals surface area contributed by atoms with E-state index in [4.69, 9.17) is 8.83 Å². The molecule has 120 valence electrons. The number of carbonyl (C=O) groups is 2. The highest BCUT2D eigenvalue weighted by Crippen LogP contribution is 2.14. The van der Waals surface area contributed by atoms with Gasteiger partial charge >= 0.3 is 0 Å². The van der Waals surface area contributed by atoms with E-state index >= 15 is 0 Å². The summed E-state index contributed by atoms with van der Waals surface area (Å²) in [7, 11) is 0. The molecule has 1 fully saturated rings. The van der Waals surface area contributed by atoms with E-state index in [1.54, 1.807) is 29.2 Å². The number of hydrogen-bond donors (Lipinski definition) is 1. The lowest BCUT2D eigenvalue weighted by molar-refractivity contribution is -0.128. The van der Waals surface area contributed by atoms with Crippen molar-refractivity contribution in [2.45, 2.75) is 19.3 Å². The molecule has 0 saturated carbocycles. The van der Waals surface area contributed by atoms with Gasteiger partial charge in [-0.25, -0.2) is 0 Å². The largest absolute Gasteiger partial charge is 0.465 e. The molecule has 2 aromatic heterocycles. The Kier molecular flexibility index (Phi) is 4.61. The highest BCUT2D eigenvalue weighted by molar-refractivity contribution is 6.04. The van der Waals surface area contributed by atoms with Crippen molar-refractivity contribution in [2.24, 2.45) is 0 Å². The molecular weight excluding hydrogens is 296 g/mol. The second-order valence-corrected chi connectivity index (χ2v) is 5.36. The number of rotatable bonds is 4. The van der Waals surface area contributed by atoms with E-state index < -0.39 is 5.91 Å². The number of piperidine rings is 1. The first-order valence-electron chi connectivity index (χ1n) is 7.63. The van der Waals surface area contributed by atoms with Crippen LogP contribution in [-0.4, -0.2) is 29.8 Å². The molecule has 1 aliphatic rings. The Labute approximate surface area is 133 Å². The maximum Gasteiger partial charge on any atom is 0.291 e. The van der Waals surface area contributed by atoms with Gasteiger partial charge < -0.3 is 19.1 Å². The standard InChI is InChI=1S/C17H18N2O4/c20-16(15-7-5-11-23-15)18-14(12-13-6-4-10-22-13)17(21)19-8-2-1-3-9-19/h4-7,10-12H,1-3,8-9H2,(H,18,20). The smallest absolute Gasteiger partial charge is 0.291 e. The van der Waals surface area contributed by atoms with Gasteiger partial charge in [-0.3, -0.25) is 9.59 Å². The molecule has 1 saturated heterocycles. The summed E-state index contributed by atoms with van der Waals surface area (Å²) < 4.78 is 10.3. The summed E-state index contributed by atoms with van der Waals surface area (Å²) >= 11 is 0. The lowest BCUT2D eigenvalue weighted by Gasteiger charge is -2.27. The first-order valence-corrected chi connectivity index (χ1v) is 7.63. The second kappa shape index (κ2) is 7.00. The van der Waals surface area contributed by atoms with Crippen LogP contribution < -0.4 is 5.32 Å². The van der Waals surface area contributed by atoms with Crippen LogP contribution >= 0.6 is 0 Å². The van der Waals surface area contributed by atoms with Crippen LogP contribution in [0.5, 0.6) is 0 Å². The van der Waals surface area contributed by atoms with Gasteiger partial charge in [0.05, 0.1) is 12.5 Å². The Balaban J connectivity index is 1.81. The van der Waals surface area contributed by atoms with Gasteiger partial charge in [0.25, 0.3) is 11.8 Å². The molecular formula is C17H18N2O4. The van der Waals surface area contributed by atoms with Gasteiger partial charge in [-0.15, -0.1) is 0 Å². The summed E-state index contributed by atoms with van der Waals surface area (Å²) in [5.41, 5.74) is 0.184. The molecule has 1 aliphatic heterocycles. The molecule has 2 amide bonds. The Morgan fingerprint density at radius 2 is 1.78 bits per heavy atom. The number of nitrogens with zero attached hydrogens (tertiary/aromatic N) is 1. The van der Waals surface area contributed by atoms with E-state index in [9.17, 15) is 9.59 Å². The van der Waals surface area contributed by atoms with Crippen LogP contribution in [0, 0.1) is 0 Å². The Bertz CT molecular complexity index is 680. The summed E-state index contributed by atoms with van der Waals surface area (Å²) in [6.07, 6.45) is 7.55. The number of amides is 2. The fourth-order valence-corrected chi connectivity index (χ4v) is 2.53. The van der Waals surface area contributed by atoms with Crippen LogP contribution in [-0.2, 0) is 4.79 Å². The molecule has 1 N–H and O–H groups in total. The topological polar surface area (TPSA) is 75.7 Å². The zero-order valence-electron chi connectivity index (χ0n) is 12.7. The minimum atomic E-state index is -0.460. The third kappa shape index (κ3) is 3.71. The van der Waals surface area contributed by atoms with Crippen molar-refractivity contribution in [3.05, 3.63) is 54.0 Å². The Morgan fingerprint density at radius 3 is 2.43 bits per heavy atom.